The highest BCUT2D eigenvalue weighted by atomic mass is 79.9. The van der Waals surface area contributed by atoms with Crippen LogP contribution in [0.4, 0.5) is 0 Å². The minimum Gasteiger partial charge on any atom is -0.396 e. The van der Waals surface area contributed by atoms with Crippen molar-refractivity contribution >= 4 is 43.2 Å². The van der Waals surface area contributed by atoms with Crippen LogP contribution < -0.4 is 0 Å². The second-order valence-corrected chi connectivity index (χ2v) is 7.15. The zero-order chi connectivity index (χ0) is 13.0. The maximum atomic E-state index is 9.51. The zero-order valence-corrected chi connectivity index (χ0v) is 13.8. The Kier molecular flexibility index (Phi) is 5.42. The molecule has 0 radical (unpaired) electrons. The summed E-state index contributed by atoms with van der Waals surface area (Å²) in [6, 6.07) is 10.4. The Morgan fingerprint density at radius 3 is 2.56 bits per heavy atom. The van der Waals surface area contributed by atoms with E-state index in [0.29, 0.717) is 0 Å². The van der Waals surface area contributed by atoms with E-state index in [0.717, 1.165) is 21.8 Å². The molecule has 0 fully saturated rings. The van der Waals surface area contributed by atoms with Crippen LogP contribution in [-0.4, -0.2) is 11.7 Å². The summed E-state index contributed by atoms with van der Waals surface area (Å²) in [7, 11) is 0. The first kappa shape index (κ1) is 14.3. The Balaban J connectivity index is 2.01. The summed E-state index contributed by atoms with van der Waals surface area (Å²) in [4.78, 5) is 1.32. The molecular weight excluding hydrogens is 376 g/mol. The van der Waals surface area contributed by atoms with Crippen LogP contribution in [0.5, 0.6) is 0 Å². The van der Waals surface area contributed by atoms with Crippen molar-refractivity contribution in [2.75, 3.05) is 6.61 Å². The Morgan fingerprint density at radius 1 is 1.11 bits per heavy atom. The van der Waals surface area contributed by atoms with Crippen molar-refractivity contribution in [1.29, 1.82) is 0 Å². The Morgan fingerprint density at radius 2 is 1.94 bits per heavy atom. The second kappa shape index (κ2) is 6.85. The van der Waals surface area contributed by atoms with E-state index >= 15 is 0 Å². The van der Waals surface area contributed by atoms with Gasteiger partial charge in [-0.2, -0.15) is 0 Å². The van der Waals surface area contributed by atoms with E-state index < -0.39 is 0 Å². The summed E-state index contributed by atoms with van der Waals surface area (Å²) >= 11 is 8.68. The molecule has 4 heteroatoms. The first-order chi connectivity index (χ1) is 8.67. The number of hydrogen-bond donors (Lipinski definition) is 1. The number of thiophene rings is 1. The summed E-state index contributed by atoms with van der Waals surface area (Å²) < 4.78 is 2.22. The molecule has 1 N–H and O–H groups in total. The zero-order valence-electron chi connectivity index (χ0n) is 9.77. The van der Waals surface area contributed by atoms with E-state index in [2.05, 4.69) is 55.4 Å². The first-order valence-corrected chi connectivity index (χ1v) is 8.22. The van der Waals surface area contributed by atoms with Gasteiger partial charge in [-0.1, -0.05) is 28.1 Å². The van der Waals surface area contributed by atoms with Crippen molar-refractivity contribution in [2.45, 2.75) is 12.8 Å². The molecule has 0 saturated heterocycles. The maximum absolute atomic E-state index is 9.51. The van der Waals surface area contributed by atoms with Crippen LogP contribution in [0.3, 0.4) is 0 Å². The molecule has 1 atom stereocenters. The Hall–Kier alpha value is -0.160. The molecular formula is C14H14Br2OS. The normalized spacial score (nSPS) is 12.6. The van der Waals surface area contributed by atoms with Crippen molar-refractivity contribution in [3.8, 4) is 0 Å². The van der Waals surface area contributed by atoms with Crippen molar-refractivity contribution in [3.63, 3.8) is 0 Å². The van der Waals surface area contributed by atoms with E-state index in [-0.39, 0.29) is 12.5 Å². The predicted octanol–water partition coefficient (Wildman–Crippen LogP) is 4.67. The minimum absolute atomic E-state index is 0.224. The van der Waals surface area contributed by atoms with Gasteiger partial charge in [0.05, 0.1) is 0 Å². The lowest BCUT2D eigenvalue weighted by atomic mass is 9.96. The predicted molar refractivity (Wildman–Crippen MR) is 84.1 cm³/mol. The molecule has 0 aliphatic carbocycles. The standard InChI is InChI=1S/C14H14Br2OS/c15-12-3-1-2-10(5-12)4-11(8-17)6-14-7-13(16)9-18-14/h1-3,5,7,9,11,17H,4,6,8H2. The lowest BCUT2D eigenvalue weighted by Crippen LogP contribution is -2.12. The van der Waals surface area contributed by atoms with Gasteiger partial charge >= 0.3 is 0 Å². The van der Waals surface area contributed by atoms with Crippen molar-refractivity contribution in [1.82, 2.24) is 0 Å². The van der Waals surface area contributed by atoms with E-state index in [1.807, 2.05) is 12.1 Å². The molecule has 96 valence electrons. The van der Waals surface area contributed by atoms with Gasteiger partial charge in [0, 0.05) is 25.8 Å². The average molecular weight is 390 g/mol. The monoisotopic (exact) mass is 388 g/mol. The molecule has 0 saturated carbocycles. The first-order valence-electron chi connectivity index (χ1n) is 5.75. The lowest BCUT2D eigenvalue weighted by Gasteiger charge is -2.13. The van der Waals surface area contributed by atoms with E-state index in [4.69, 9.17) is 0 Å². The summed E-state index contributed by atoms with van der Waals surface area (Å²) in [5, 5.41) is 11.6. The van der Waals surface area contributed by atoms with Gasteiger partial charge in [-0.3, -0.25) is 0 Å². The molecule has 0 spiro atoms. The fraction of sp³-hybridized carbons (Fsp3) is 0.286. The molecule has 0 amide bonds. The average Bonchev–Trinajstić information content (AvgIpc) is 2.74. The van der Waals surface area contributed by atoms with Crippen molar-refractivity contribution in [2.24, 2.45) is 5.92 Å². The topological polar surface area (TPSA) is 20.2 Å². The highest BCUT2D eigenvalue weighted by Gasteiger charge is 2.11. The van der Waals surface area contributed by atoms with Crippen LogP contribution in [0, 0.1) is 5.92 Å². The number of aliphatic hydroxyl groups is 1. The fourth-order valence-electron chi connectivity index (χ4n) is 1.94. The van der Waals surface area contributed by atoms with Crippen LogP contribution in [0.2, 0.25) is 0 Å². The highest BCUT2D eigenvalue weighted by Crippen LogP contribution is 2.24. The van der Waals surface area contributed by atoms with Gasteiger partial charge < -0.3 is 5.11 Å². The third-order valence-electron chi connectivity index (χ3n) is 2.78. The van der Waals surface area contributed by atoms with Crippen LogP contribution in [-0.2, 0) is 12.8 Å². The van der Waals surface area contributed by atoms with E-state index in [1.54, 1.807) is 11.3 Å². The smallest absolute Gasteiger partial charge is 0.0465 e. The molecule has 1 aromatic heterocycles. The summed E-state index contributed by atoms with van der Waals surface area (Å²) in [6.45, 7) is 0.224. The molecule has 1 unspecified atom stereocenters. The van der Waals surface area contributed by atoms with Gasteiger partial charge in [0.15, 0.2) is 0 Å². The maximum Gasteiger partial charge on any atom is 0.0465 e. The second-order valence-electron chi connectivity index (χ2n) is 4.32. The summed E-state index contributed by atoms with van der Waals surface area (Å²) in [5.74, 6) is 0.282. The summed E-state index contributed by atoms with van der Waals surface area (Å²) in [6.07, 6.45) is 1.84. The van der Waals surface area contributed by atoms with Crippen LogP contribution in [0.15, 0.2) is 44.7 Å². The SMILES string of the molecule is OCC(Cc1cccc(Br)c1)Cc1cc(Br)cs1. The van der Waals surface area contributed by atoms with Crippen LogP contribution in [0.1, 0.15) is 10.4 Å². The third kappa shape index (κ3) is 4.19. The molecule has 1 heterocycles. The minimum atomic E-state index is 0.224. The molecule has 18 heavy (non-hydrogen) atoms. The highest BCUT2D eigenvalue weighted by molar-refractivity contribution is 9.10. The third-order valence-corrected chi connectivity index (χ3v) is 5.00. The molecule has 2 aromatic rings. The van der Waals surface area contributed by atoms with E-state index in [9.17, 15) is 5.11 Å². The molecule has 0 bridgehead atoms. The number of aliphatic hydroxyl groups excluding tert-OH is 1. The van der Waals surface area contributed by atoms with Gasteiger partial charge in [0.2, 0.25) is 0 Å². The van der Waals surface area contributed by atoms with Crippen molar-refractivity contribution in [3.05, 3.63) is 55.1 Å². The van der Waals surface area contributed by atoms with Gasteiger partial charge in [0.25, 0.3) is 0 Å². The quantitative estimate of drug-likeness (QED) is 0.787. The Labute approximate surface area is 128 Å². The molecule has 2 rings (SSSR count). The number of hydrogen-bond acceptors (Lipinski definition) is 2. The van der Waals surface area contributed by atoms with Crippen molar-refractivity contribution < 1.29 is 5.11 Å². The van der Waals surface area contributed by atoms with Crippen LogP contribution >= 0.6 is 43.2 Å². The largest absolute Gasteiger partial charge is 0.396 e. The van der Waals surface area contributed by atoms with Crippen LogP contribution in [0.25, 0.3) is 0 Å². The Bertz CT molecular complexity index is 510. The van der Waals surface area contributed by atoms with Gasteiger partial charge in [-0.15, -0.1) is 11.3 Å². The number of rotatable bonds is 5. The number of halogens is 2. The molecule has 1 nitrogen and oxygen atoms in total. The van der Waals surface area contributed by atoms with Gasteiger partial charge in [-0.05, 0) is 58.5 Å². The fourth-order valence-corrected chi connectivity index (χ4v) is 3.96. The molecule has 1 aromatic carbocycles. The van der Waals surface area contributed by atoms with Gasteiger partial charge in [-0.25, -0.2) is 0 Å². The lowest BCUT2D eigenvalue weighted by molar-refractivity contribution is 0.225. The summed E-state index contributed by atoms with van der Waals surface area (Å²) in [5.41, 5.74) is 1.26. The van der Waals surface area contributed by atoms with Gasteiger partial charge in [0.1, 0.15) is 0 Å². The van der Waals surface area contributed by atoms with E-state index in [1.165, 1.54) is 10.4 Å². The molecule has 0 aliphatic heterocycles. The molecule has 0 aliphatic rings. The number of benzene rings is 1.